The topological polar surface area (TPSA) is 96.9 Å². The van der Waals surface area contributed by atoms with Gasteiger partial charge in [0.1, 0.15) is 17.4 Å². The number of carbonyl (C=O) groups is 1. The Bertz CT molecular complexity index is 1170. The minimum Gasteiger partial charge on any atom is -0.325 e. The monoisotopic (exact) mass is 489 g/mol. The molecule has 1 atom stereocenters. The van der Waals surface area contributed by atoms with Gasteiger partial charge in [0.2, 0.25) is 0 Å². The number of hydrogen-bond donors (Lipinski definition) is 2. The number of carbonyl (C=O) groups excluding carboxylic acids is 1. The molecule has 0 saturated carbocycles. The molecular formula is C19H13F6N5O2S. The predicted molar refractivity (Wildman–Crippen MR) is 106 cm³/mol. The van der Waals surface area contributed by atoms with Crippen molar-refractivity contribution in [3.8, 4) is 0 Å². The summed E-state index contributed by atoms with van der Waals surface area (Å²) in [6.45, 7) is 0. The SMILES string of the molecule is O=C(Nc1cnccc1S(=O)CC(F)(F)F)c1ccnc(Nc2ccc(C(F)(F)F)cn2)c1. The summed E-state index contributed by atoms with van der Waals surface area (Å²) in [5, 5.41) is 4.99. The smallest absolute Gasteiger partial charge is 0.325 e. The van der Waals surface area contributed by atoms with Gasteiger partial charge in [-0.2, -0.15) is 26.3 Å². The molecule has 3 aromatic rings. The van der Waals surface area contributed by atoms with E-state index in [-0.39, 0.29) is 27.8 Å². The maximum Gasteiger partial charge on any atom is 0.417 e. The number of pyridine rings is 3. The van der Waals surface area contributed by atoms with E-state index < -0.39 is 40.4 Å². The molecule has 3 aromatic heterocycles. The minimum absolute atomic E-state index is 0.0100. The van der Waals surface area contributed by atoms with Gasteiger partial charge in [0.25, 0.3) is 5.91 Å². The van der Waals surface area contributed by atoms with Gasteiger partial charge in [0.15, 0.2) is 0 Å². The normalized spacial score (nSPS) is 12.8. The number of aromatic nitrogens is 3. The Morgan fingerprint density at radius 2 is 1.70 bits per heavy atom. The maximum absolute atomic E-state index is 12.6. The molecule has 0 aromatic carbocycles. The van der Waals surface area contributed by atoms with Crippen LogP contribution in [0.3, 0.4) is 0 Å². The van der Waals surface area contributed by atoms with E-state index in [1.54, 1.807) is 0 Å². The Hall–Kier alpha value is -3.55. The molecule has 0 spiro atoms. The Balaban J connectivity index is 1.75. The quantitative estimate of drug-likeness (QED) is 0.493. The highest BCUT2D eigenvalue weighted by Gasteiger charge is 2.32. The summed E-state index contributed by atoms with van der Waals surface area (Å²) in [6, 6.07) is 5.54. The van der Waals surface area contributed by atoms with Crippen LogP contribution in [-0.2, 0) is 17.0 Å². The highest BCUT2D eigenvalue weighted by molar-refractivity contribution is 7.85. The van der Waals surface area contributed by atoms with Crippen LogP contribution in [0, 0.1) is 0 Å². The van der Waals surface area contributed by atoms with E-state index in [9.17, 15) is 35.3 Å². The van der Waals surface area contributed by atoms with Crippen molar-refractivity contribution in [2.45, 2.75) is 17.2 Å². The summed E-state index contributed by atoms with van der Waals surface area (Å²) in [4.78, 5) is 23.6. The first-order valence-electron chi connectivity index (χ1n) is 8.89. The average Bonchev–Trinajstić information content (AvgIpc) is 2.73. The van der Waals surface area contributed by atoms with Crippen LogP contribution < -0.4 is 10.6 Å². The van der Waals surface area contributed by atoms with Crippen LogP contribution in [0.25, 0.3) is 0 Å². The lowest BCUT2D eigenvalue weighted by Gasteiger charge is -2.12. The van der Waals surface area contributed by atoms with E-state index in [1.165, 1.54) is 18.3 Å². The van der Waals surface area contributed by atoms with Crippen LogP contribution >= 0.6 is 0 Å². The van der Waals surface area contributed by atoms with Crippen molar-refractivity contribution in [3.63, 3.8) is 0 Å². The lowest BCUT2D eigenvalue weighted by Crippen LogP contribution is -2.20. The van der Waals surface area contributed by atoms with Crippen molar-refractivity contribution in [1.29, 1.82) is 0 Å². The lowest BCUT2D eigenvalue weighted by atomic mass is 10.2. The standard InChI is InChI=1S/C19H13F6N5O2S/c20-18(21,22)10-33(32)14-4-5-26-9-13(14)29-17(31)11-3-6-27-16(7-11)30-15-2-1-12(8-28-15)19(23,24)25/h1-9H,10H2,(H,29,31)(H,27,28,30). The fourth-order valence-corrected chi connectivity index (χ4v) is 3.52. The van der Waals surface area contributed by atoms with Crippen molar-refractivity contribution >= 4 is 34.0 Å². The molecule has 0 fully saturated rings. The number of alkyl halides is 6. The summed E-state index contributed by atoms with van der Waals surface area (Å²) in [5.41, 5.74) is -1.10. The molecule has 2 N–H and O–H groups in total. The molecule has 0 radical (unpaired) electrons. The van der Waals surface area contributed by atoms with Gasteiger partial charge in [-0.1, -0.05) is 0 Å². The average molecular weight is 489 g/mol. The van der Waals surface area contributed by atoms with Gasteiger partial charge in [-0.15, -0.1) is 0 Å². The van der Waals surface area contributed by atoms with Gasteiger partial charge in [-0.05, 0) is 30.3 Å². The minimum atomic E-state index is -4.67. The Morgan fingerprint density at radius 1 is 0.939 bits per heavy atom. The molecule has 174 valence electrons. The number of anilines is 3. The number of nitrogens with zero attached hydrogens (tertiary/aromatic N) is 3. The number of amides is 1. The van der Waals surface area contributed by atoms with Crippen molar-refractivity contribution in [2.75, 3.05) is 16.4 Å². The fraction of sp³-hybridized carbons (Fsp3) is 0.158. The second kappa shape index (κ2) is 9.52. The van der Waals surface area contributed by atoms with Crippen LogP contribution in [0.15, 0.2) is 60.0 Å². The molecule has 33 heavy (non-hydrogen) atoms. The highest BCUT2D eigenvalue weighted by atomic mass is 32.2. The first-order valence-corrected chi connectivity index (χ1v) is 10.2. The number of nitrogens with one attached hydrogen (secondary N) is 2. The Labute approximate surface area is 184 Å². The van der Waals surface area contributed by atoms with Gasteiger partial charge in [0.05, 0.1) is 33.1 Å². The predicted octanol–water partition coefficient (Wildman–Crippen LogP) is 4.56. The summed E-state index contributed by atoms with van der Waals surface area (Å²) >= 11 is 0. The summed E-state index contributed by atoms with van der Waals surface area (Å²) in [5.74, 6) is -2.25. The largest absolute Gasteiger partial charge is 0.417 e. The zero-order valence-corrected chi connectivity index (χ0v) is 17.1. The molecule has 1 amide bonds. The number of rotatable bonds is 6. The highest BCUT2D eigenvalue weighted by Crippen LogP contribution is 2.29. The molecule has 0 bridgehead atoms. The molecule has 3 rings (SSSR count). The Kier molecular flexibility index (Phi) is 6.95. The third-order valence-electron chi connectivity index (χ3n) is 3.94. The van der Waals surface area contributed by atoms with Gasteiger partial charge < -0.3 is 10.6 Å². The van der Waals surface area contributed by atoms with Crippen molar-refractivity contribution in [3.05, 3.63) is 66.2 Å². The molecule has 1 unspecified atom stereocenters. The summed E-state index contributed by atoms with van der Waals surface area (Å²) in [6.07, 6.45) is -5.15. The van der Waals surface area contributed by atoms with E-state index in [0.717, 1.165) is 30.6 Å². The van der Waals surface area contributed by atoms with Crippen molar-refractivity contribution in [1.82, 2.24) is 15.0 Å². The number of halogens is 6. The Morgan fingerprint density at radius 3 is 2.33 bits per heavy atom. The second-order valence-electron chi connectivity index (χ2n) is 6.42. The van der Waals surface area contributed by atoms with Crippen LogP contribution in [0.1, 0.15) is 15.9 Å². The first-order chi connectivity index (χ1) is 15.4. The molecule has 3 heterocycles. The van der Waals surface area contributed by atoms with E-state index in [4.69, 9.17) is 0 Å². The summed E-state index contributed by atoms with van der Waals surface area (Å²) < 4.78 is 87.7. The number of hydrogen-bond acceptors (Lipinski definition) is 6. The third-order valence-corrected chi connectivity index (χ3v) is 5.37. The van der Waals surface area contributed by atoms with Gasteiger partial charge in [-0.25, -0.2) is 9.97 Å². The fourth-order valence-electron chi connectivity index (χ4n) is 2.50. The van der Waals surface area contributed by atoms with Crippen LogP contribution in [-0.4, -0.2) is 37.0 Å². The van der Waals surface area contributed by atoms with E-state index in [0.29, 0.717) is 6.20 Å². The van der Waals surface area contributed by atoms with Gasteiger partial charge in [-0.3, -0.25) is 14.0 Å². The molecule has 14 heteroatoms. The zero-order valence-electron chi connectivity index (χ0n) is 16.2. The zero-order chi connectivity index (χ0) is 24.2. The lowest BCUT2D eigenvalue weighted by molar-refractivity contribution is -0.137. The molecule has 0 aliphatic heterocycles. The molecule has 0 aliphatic rings. The molecule has 0 aliphatic carbocycles. The van der Waals surface area contributed by atoms with Crippen molar-refractivity contribution < 1.29 is 35.3 Å². The maximum atomic E-state index is 12.6. The van der Waals surface area contributed by atoms with E-state index in [1.807, 2.05) is 0 Å². The van der Waals surface area contributed by atoms with Crippen LogP contribution in [0.5, 0.6) is 0 Å². The molecule has 0 saturated heterocycles. The first kappa shape index (κ1) is 24.1. The van der Waals surface area contributed by atoms with Gasteiger partial charge in [0, 0.05) is 24.2 Å². The second-order valence-corrected chi connectivity index (χ2v) is 7.84. The van der Waals surface area contributed by atoms with E-state index >= 15 is 0 Å². The molecule has 7 nitrogen and oxygen atoms in total. The van der Waals surface area contributed by atoms with Gasteiger partial charge >= 0.3 is 12.4 Å². The van der Waals surface area contributed by atoms with Crippen LogP contribution in [0.2, 0.25) is 0 Å². The third kappa shape index (κ3) is 6.71. The van der Waals surface area contributed by atoms with E-state index in [2.05, 4.69) is 25.6 Å². The summed E-state index contributed by atoms with van der Waals surface area (Å²) in [7, 11) is -2.47. The van der Waals surface area contributed by atoms with Crippen molar-refractivity contribution in [2.24, 2.45) is 0 Å². The van der Waals surface area contributed by atoms with Crippen LogP contribution in [0.4, 0.5) is 43.7 Å². The molecular weight excluding hydrogens is 476 g/mol.